The number of anilines is 2. The van der Waals surface area contributed by atoms with Crippen LogP contribution in [0.4, 0.5) is 17.3 Å². The average Bonchev–Trinajstić information content (AvgIpc) is 2.30. The van der Waals surface area contributed by atoms with E-state index in [0.29, 0.717) is 5.82 Å². The van der Waals surface area contributed by atoms with Gasteiger partial charge in [-0.05, 0) is 28.1 Å². The molecule has 0 saturated carbocycles. The Balaban J connectivity index is 2.22. The van der Waals surface area contributed by atoms with Crippen LogP contribution in [0.5, 0.6) is 0 Å². The predicted octanol–water partition coefficient (Wildman–Crippen LogP) is 2.13. The first-order valence-corrected chi connectivity index (χ1v) is 4.54. The van der Waals surface area contributed by atoms with Crippen molar-refractivity contribution in [2.24, 2.45) is 0 Å². The molecule has 6 nitrogen and oxygen atoms in total. The molecule has 0 bridgehead atoms. The molecule has 0 saturated heterocycles. The minimum atomic E-state index is -0.530. The molecule has 80 valence electrons. The van der Waals surface area contributed by atoms with E-state index in [0.717, 1.165) is 5.69 Å². The van der Waals surface area contributed by atoms with Crippen molar-refractivity contribution in [2.75, 3.05) is 5.32 Å². The summed E-state index contributed by atoms with van der Waals surface area (Å²) >= 11 is 0. The SMILES string of the molecule is O=[N+]([O-])c1cccc(Nc2ccncc2)n1. The Morgan fingerprint density at radius 2 is 1.94 bits per heavy atom. The van der Waals surface area contributed by atoms with Gasteiger partial charge in [-0.1, -0.05) is 0 Å². The zero-order valence-corrected chi connectivity index (χ0v) is 8.20. The molecule has 0 atom stereocenters. The van der Waals surface area contributed by atoms with E-state index in [2.05, 4.69) is 15.3 Å². The van der Waals surface area contributed by atoms with Crippen LogP contribution in [0, 0.1) is 10.1 Å². The van der Waals surface area contributed by atoms with Crippen LogP contribution in [0.2, 0.25) is 0 Å². The highest BCUT2D eigenvalue weighted by Crippen LogP contribution is 2.16. The lowest BCUT2D eigenvalue weighted by Gasteiger charge is -2.00. The third-order valence-electron chi connectivity index (χ3n) is 1.87. The Morgan fingerprint density at radius 1 is 1.19 bits per heavy atom. The van der Waals surface area contributed by atoms with Crippen LogP contribution in [0.15, 0.2) is 42.7 Å². The molecule has 6 heteroatoms. The lowest BCUT2D eigenvalue weighted by Crippen LogP contribution is -1.97. The maximum Gasteiger partial charge on any atom is 0.365 e. The summed E-state index contributed by atoms with van der Waals surface area (Å²) in [7, 11) is 0. The minimum absolute atomic E-state index is 0.181. The Labute approximate surface area is 91.1 Å². The Morgan fingerprint density at radius 3 is 2.62 bits per heavy atom. The van der Waals surface area contributed by atoms with E-state index in [9.17, 15) is 10.1 Å². The first-order chi connectivity index (χ1) is 7.75. The molecule has 0 fully saturated rings. The van der Waals surface area contributed by atoms with Gasteiger partial charge in [-0.15, -0.1) is 0 Å². The van der Waals surface area contributed by atoms with Crippen molar-refractivity contribution < 1.29 is 4.92 Å². The maximum atomic E-state index is 10.5. The van der Waals surface area contributed by atoms with Gasteiger partial charge in [-0.3, -0.25) is 4.98 Å². The van der Waals surface area contributed by atoms with Crippen molar-refractivity contribution in [2.45, 2.75) is 0 Å². The Kier molecular flexibility index (Phi) is 2.73. The zero-order chi connectivity index (χ0) is 11.4. The molecular formula is C10H8N4O2. The third-order valence-corrected chi connectivity index (χ3v) is 1.87. The standard InChI is InChI=1S/C10H8N4O2/c15-14(16)10-3-1-2-9(13-10)12-8-4-6-11-7-5-8/h1-7H,(H,11,12,13). The van der Waals surface area contributed by atoms with E-state index >= 15 is 0 Å². The van der Waals surface area contributed by atoms with E-state index in [1.54, 1.807) is 36.7 Å². The topological polar surface area (TPSA) is 81.0 Å². The van der Waals surface area contributed by atoms with Crippen molar-refractivity contribution in [1.82, 2.24) is 9.97 Å². The van der Waals surface area contributed by atoms with Gasteiger partial charge in [0, 0.05) is 30.2 Å². The highest BCUT2D eigenvalue weighted by Gasteiger charge is 2.08. The van der Waals surface area contributed by atoms with Gasteiger partial charge in [-0.2, -0.15) is 0 Å². The molecule has 0 aromatic carbocycles. The first kappa shape index (κ1) is 10.0. The van der Waals surface area contributed by atoms with Crippen LogP contribution in [0.1, 0.15) is 0 Å². The summed E-state index contributed by atoms with van der Waals surface area (Å²) in [5.41, 5.74) is 0.781. The fourth-order valence-corrected chi connectivity index (χ4v) is 1.18. The summed E-state index contributed by atoms with van der Waals surface area (Å²) in [6, 6.07) is 8.08. The molecule has 0 unspecified atom stereocenters. The van der Waals surface area contributed by atoms with Crippen LogP contribution >= 0.6 is 0 Å². The van der Waals surface area contributed by atoms with Crippen molar-refractivity contribution in [1.29, 1.82) is 0 Å². The molecule has 2 aromatic heterocycles. The Hall–Kier alpha value is -2.50. The van der Waals surface area contributed by atoms with Crippen molar-refractivity contribution in [3.8, 4) is 0 Å². The number of nitro groups is 1. The number of hydrogen-bond donors (Lipinski definition) is 1. The summed E-state index contributed by atoms with van der Waals surface area (Å²) in [4.78, 5) is 17.7. The van der Waals surface area contributed by atoms with Gasteiger partial charge >= 0.3 is 5.82 Å². The number of rotatable bonds is 3. The van der Waals surface area contributed by atoms with Gasteiger partial charge in [0.05, 0.1) is 0 Å². The van der Waals surface area contributed by atoms with E-state index in [1.807, 2.05) is 0 Å². The number of aromatic nitrogens is 2. The highest BCUT2D eigenvalue weighted by atomic mass is 16.6. The highest BCUT2D eigenvalue weighted by molar-refractivity contribution is 5.55. The number of nitrogens with one attached hydrogen (secondary N) is 1. The van der Waals surface area contributed by atoms with Gasteiger partial charge < -0.3 is 15.4 Å². The molecule has 2 heterocycles. The minimum Gasteiger partial charge on any atom is -0.358 e. The third kappa shape index (κ3) is 2.30. The fourth-order valence-electron chi connectivity index (χ4n) is 1.18. The van der Waals surface area contributed by atoms with Gasteiger partial charge in [0.2, 0.25) is 5.82 Å². The van der Waals surface area contributed by atoms with E-state index in [1.165, 1.54) is 6.07 Å². The first-order valence-electron chi connectivity index (χ1n) is 4.54. The quantitative estimate of drug-likeness (QED) is 0.627. The number of nitrogens with zero attached hydrogens (tertiary/aromatic N) is 3. The molecule has 0 spiro atoms. The van der Waals surface area contributed by atoms with Crippen LogP contribution in [0.25, 0.3) is 0 Å². The molecule has 2 rings (SSSR count). The van der Waals surface area contributed by atoms with Crippen LogP contribution in [0.3, 0.4) is 0 Å². The van der Waals surface area contributed by atoms with Gasteiger partial charge in [-0.25, -0.2) is 0 Å². The monoisotopic (exact) mass is 216 g/mol. The van der Waals surface area contributed by atoms with Crippen molar-refractivity contribution in [3.05, 3.63) is 52.8 Å². The molecular weight excluding hydrogens is 208 g/mol. The summed E-state index contributed by atoms with van der Waals surface area (Å²) in [6.07, 6.45) is 3.25. The van der Waals surface area contributed by atoms with Crippen molar-refractivity contribution in [3.63, 3.8) is 0 Å². The average molecular weight is 216 g/mol. The smallest absolute Gasteiger partial charge is 0.358 e. The molecule has 0 aliphatic rings. The van der Waals surface area contributed by atoms with Crippen LogP contribution in [-0.2, 0) is 0 Å². The maximum absolute atomic E-state index is 10.5. The Bertz CT molecular complexity index is 501. The lowest BCUT2D eigenvalue weighted by molar-refractivity contribution is -0.389. The van der Waals surface area contributed by atoms with Gasteiger partial charge in [0.1, 0.15) is 0 Å². The molecule has 0 amide bonds. The summed E-state index contributed by atoms with van der Waals surface area (Å²) in [5, 5.41) is 13.5. The summed E-state index contributed by atoms with van der Waals surface area (Å²) in [5.74, 6) is 0.249. The normalized spacial score (nSPS) is 9.75. The number of pyridine rings is 2. The second kappa shape index (κ2) is 4.35. The largest absolute Gasteiger partial charge is 0.365 e. The van der Waals surface area contributed by atoms with Gasteiger partial charge in [0.25, 0.3) is 0 Å². The molecule has 0 aliphatic heterocycles. The van der Waals surface area contributed by atoms with E-state index in [4.69, 9.17) is 0 Å². The van der Waals surface area contributed by atoms with Crippen LogP contribution in [-0.4, -0.2) is 14.9 Å². The second-order valence-corrected chi connectivity index (χ2v) is 3.00. The van der Waals surface area contributed by atoms with E-state index in [-0.39, 0.29) is 5.82 Å². The predicted molar refractivity (Wildman–Crippen MR) is 58.4 cm³/mol. The number of hydrogen-bond acceptors (Lipinski definition) is 5. The van der Waals surface area contributed by atoms with E-state index < -0.39 is 4.92 Å². The zero-order valence-electron chi connectivity index (χ0n) is 8.20. The fraction of sp³-hybridized carbons (Fsp3) is 0. The molecule has 0 aliphatic carbocycles. The lowest BCUT2D eigenvalue weighted by atomic mass is 10.4. The van der Waals surface area contributed by atoms with Crippen LogP contribution < -0.4 is 5.32 Å². The molecule has 1 N–H and O–H groups in total. The van der Waals surface area contributed by atoms with Crippen molar-refractivity contribution >= 4 is 17.3 Å². The second-order valence-electron chi connectivity index (χ2n) is 3.00. The molecule has 0 radical (unpaired) electrons. The molecule has 2 aromatic rings. The molecule has 16 heavy (non-hydrogen) atoms. The van der Waals surface area contributed by atoms with Gasteiger partial charge in [0.15, 0.2) is 0 Å². The summed E-state index contributed by atoms with van der Waals surface area (Å²) < 4.78 is 0. The summed E-state index contributed by atoms with van der Waals surface area (Å²) in [6.45, 7) is 0.